The summed E-state index contributed by atoms with van der Waals surface area (Å²) in [6, 6.07) is 3.45. The minimum atomic E-state index is -2.97. The van der Waals surface area contributed by atoms with Gasteiger partial charge in [0.1, 0.15) is 12.4 Å². The van der Waals surface area contributed by atoms with E-state index in [2.05, 4.69) is 4.98 Å². The van der Waals surface area contributed by atoms with Crippen molar-refractivity contribution in [2.24, 2.45) is 0 Å². The molecule has 6 heteroatoms. The number of hydrogen-bond donors (Lipinski definition) is 0. The Morgan fingerprint density at radius 3 is 2.67 bits per heavy atom. The van der Waals surface area contributed by atoms with Crippen LogP contribution in [0.3, 0.4) is 0 Å². The van der Waals surface area contributed by atoms with Gasteiger partial charge in [0.05, 0.1) is 23.5 Å². The molecule has 84 valence electrons. The first kappa shape index (κ1) is 12.3. The van der Waals surface area contributed by atoms with Crippen molar-refractivity contribution in [1.29, 1.82) is 0 Å². The molecule has 1 rings (SSSR count). The van der Waals surface area contributed by atoms with Crippen molar-refractivity contribution in [2.75, 3.05) is 18.6 Å². The van der Waals surface area contributed by atoms with Crippen molar-refractivity contribution >= 4 is 21.4 Å². The lowest BCUT2D eigenvalue weighted by Crippen LogP contribution is -2.12. The number of alkyl halides is 1. The van der Waals surface area contributed by atoms with E-state index in [4.69, 9.17) is 16.3 Å². The molecule has 1 aromatic heterocycles. The molecule has 0 aliphatic rings. The quantitative estimate of drug-likeness (QED) is 0.737. The highest BCUT2D eigenvalue weighted by Crippen LogP contribution is 2.10. The number of ether oxygens (including phenoxy) is 1. The van der Waals surface area contributed by atoms with E-state index < -0.39 is 9.84 Å². The van der Waals surface area contributed by atoms with Crippen molar-refractivity contribution in [3.05, 3.63) is 24.0 Å². The number of nitrogens with zero attached hydrogens (tertiary/aromatic N) is 1. The smallest absolute Gasteiger partial charge is 0.150 e. The Hall–Kier alpha value is -0.810. The summed E-state index contributed by atoms with van der Waals surface area (Å²) in [6.45, 7) is 0.140. The van der Waals surface area contributed by atoms with Crippen LogP contribution in [0.4, 0.5) is 0 Å². The normalized spacial score (nSPS) is 11.3. The van der Waals surface area contributed by atoms with Crippen LogP contribution in [0.25, 0.3) is 0 Å². The van der Waals surface area contributed by atoms with Crippen LogP contribution in [-0.2, 0) is 15.7 Å². The van der Waals surface area contributed by atoms with Gasteiger partial charge in [-0.2, -0.15) is 0 Å². The van der Waals surface area contributed by atoms with Crippen molar-refractivity contribution in [3.8, 4) is 5.75 Å². The average Bonchev–Trinajstić information content (AvgIpc) is 2.17. The van der Waals surface area contributed by atoms with Gasteiger partial charge in [0.25, 0.3) is 0 Å². The van der Waals surface area contributed by atoms with Gasteiger partial charge >= 0.3 is 0 Å². The minimum Gasteiger partial charge on any atom is -0.491 e. The van der Waals surface area contributed by atoms with E-state index in [1.54, 1.807) is 12.1 Å². The van der Waals surface area contributed by atoms with Crippen molar-refractivity contribution < 1.29 is 13.2 Å². The molecule has 0 unspecified atom stereocenters. The number of halogens is 1. The summed E-state index contributed by atoms with van der Waals surface area (Å²) in [4.78, 5) is 4.01. The third kappa shape index (κ3) is 4.99. The Balaban J connectivity index is 2.45. The van der Waals surface area contributed by atoms with Crippen LogP contribution in [0, 0.1) is 0 Å². The zero-order valence-electron chi connectivity index (χ0n) is 8.31. The Bertz CT molecular complexity index is 402. The van der Waals surface area contributed by atoms with Crippen LogP contribution < -0.4 is 4.74 Å². The Morgan fingerprint density at radius 1 is 1.47 bits per heavy atom. The molecule has 4 nitrogen and oxygen atoms in total. The van der Waals surface area contributed by atoms with Crippen LogP contribution in [0.5, 0.6) is 5.75 Å². The van der Waals surface area contributed by atoms with Crippen LogP contribution in [0.1, 0.15) is 5.69 Å². The topological polar surface area (TPSA) is 56.3 Å². The predicted octanol–water partition coefficient (Wildman–Crippen LogP) is 1.24. The first-order valence-corrected chi connectivity index (χ1v) is 6.92. The highest BCUT2D eigenvalue weighted by molar-refractivity contribution is 7.90. The van der Waals surface area contributed by atoms with E-state index in [1.807, 2.05) is 0 Å². The van der Waals surface area contributed by atoms with Gasteiger partial charge in [0, 0.05) is 6.26 Å². The van der Waals surface area contributed by atoms with E-state index in [0.29, 0.717) is 11.6 Å². The summed E-state index contributed by atoms with van der Waals surface area (Å²) in [7, 11) is -2.97. The van der Waals surface area contributed by atoms with Crippen LogP contribution >= 0.6 is 11.6 Å². The number of sulfone groups is 1. The molecule has 0 aliphatic carbocycles. The lowest BCUT2D eigenvalue weighted by molar-refractivity contribution is 0.339. The van der Waals surface area contributed by atoms with Crippen molar-refractivity contribution in [1.82, 2.24) is 4.98 Å². The Morgan fingerprint density at radius 2 is 2.20 bits per heavy atom. The zero-order valence-corrected chi connectivity index (χ0v) is 9.88. The van der Waals surface area contributed by atoms with Gasteiger partial charge in [-0.1, -0.05) is 0 Å². The van der Waals surface area contributed by atoms with E-state index >= 15 is 0 Å². The van der Waals surface area contributed by atoms with Gasteiger partial charge in [-0.3, -0.25) is 4.98 Å². The first-order chi connectivity index (χ1) is 7.01. The predicted molar refractivity (Wildman–Crippen MR) is 59.0 cm³/mol. The monoisotopic (exact) mass is 249 g/mol. The van der Waals surface area contributed by atoms with Crippen molar-refractivity contribution in [2.45, 2.75) is 5.88 Å². The molecule has 0 aromatic carbocycles. The summed E-state index contributed by atoms with van der Waals surface area (Å²) >= 11 is 5.56. The molecule has 0 atom stereocenters. The number of hydrogen-bond acceptors (Lipinski definition) is 4. The van der Waals surface area contributed by atoms with Gasteiger partial charge in [0.15, 0.2) is 9.84 Å². The Kier molecular flexibility index (Phi) is 4.35. The van der Waals surface area contributed by atoms with E-state index in [9.17, 15) is 8.42 Å². The molecule has 0 radical (unpaired) electrons. The maximum Gasteiger partial charge on any atom is 0.150 e. The number of rotatable bonds is 5. The van der Waals surface area contributed by atoms with Gasteiger partial charge in [0.2, 0.25) is 0 Å². The molecule has 0 saturated heterocycles. The summed E-state index contributed by atoms with van der Waals surface area (Å²) < 4.78 is 26.8. The molecular formula is C9H12ClNO3S. The lowest BCUT2D eigenvalue weighted by Gasteiger charge is -2.04. The second-order valence-electron chi connectivity index (χ2n) is 3.10. The molecule has 0 amide bonds. The largest absolute Gasteiger partial charge is 0.491 e. The lowest BCUT2D eigenvalue weighted by atomic mass is 10.4. The molecule has 0 fully saturated rings. The van der Waals surface area contributed by atoms with Crippen molar-refractivity contribution in [3.63, 3.8) is 0 Å². The fourth-order valence-corrected chi connectivity index (χ4v) is 1.43. The standard InChI is InChI=1S/C9H12ClNO3S/c1-15(12,13)5-4-14-9-3-2-8(6-10)11-7-9/h2-3,7H,4-6H2,1H3. The molecule has 15 heavy (non-hydrogen) atoms. The second kappa shape index (κ2) is 5.32. The van der Waals surface area contributed by atoms with Gasteiger partial charge in [-0.05, 0) is 12.1 Å². The second-order valence-corrected chi connectivity index (χ2v) is 5.62. The summed E-state index contributed by atoms with van der Waals surface area (Å²) in [5, 5.41) is 0. The summed E-state index contributed by atoms with van der Waals surface area (Å²) in [5.74, 6) is 0.904. The molecule has 1 heterocycles. The maximum atomic E-state index is 10.8. The fourth-order valence-electron chi connectivity index (χ4n) is 0.886. The molecule has 0 bridgehead atoms. The Labute approximate surface area is 94.2 Å². The third-order valence-corrected chi connectivity index (χ3v) is 2.84. The fraction of sp³-hybridized carbons (Fsp3) is 0.444. The van der Waals surface area contributed by atoms with Gasteiger partial charge in [-0.15, -0.1) is 11.6 Å². The molecule has 0 saturated carbocycles. The van der Waals surface area contributed by atoms with Crippen LogP contribution in [-0.4, -0.2) is 32.0 Å². The van der Waals surface area contributed by atoms with E-state index in [1.165, 1.54) is 12.5 Å². The third-order valence-electron chi connectivity index (χ3n) is 1.66. The maximum absolute atomic E-state index is 10.8. The molecular weight excluding hydrogens is 238 g/mol. The molecule has 1 aromatic rings. The number of pyridine rings is 1. The van der Waals surface area contributed by atoms with Crippen LogP contribution in [0.15, 0.2) is 18.3 Å². The van der Waals surface area contributed by atoms with Gasteiger partial charge in [-0.25, -0.2) is 8.42 Å². The number of aromatic nitrogens is 1. The summed E-state index contributed by atoms with van der Waals surface area (Å²) in [6.07, 6.45) is 2.70. The van der Waals surface area contributed by atoms with Crippen LogP contribution in [0.2, 0.25) is 0 Å². The highest BCUT2D eigenvalue weighted by atomic mass is 35.5. The molecule has 0 spiro atoms. The summed E-state index contributed by atoms with van der Waals surface area (Å²) in [5.41, 5.74) is 0.757. The average molecular weight is 250 g/mol. The van der Waals surface area contributed by atoms with E-state index in [0.717, 1.165) is 5.69 Å². The highest BCUT2D eigenvalue weighted by Gasteiger charge is 2.02. The minimum absolute atomic E-state index is 0.00422. The van der Waals surface area contributed by atoms with E-state index in [-0.39, 0.29) is 12.4 Å². The zero-order chi connectivity index (χ0) is 11.3. The van der Waals surface area contributed by atoms with Gasteiger partial charge < -0.3 is 4.74 Å². The SMILES string of the molecule is CS(=O)(=O)CCOc1ccc(CCl)nc1. The molecule has 0 N–H and O–H groups in total. The molecule has 0 aliphatic heterocycles. The first-order valence-electron chi connectivity index (χ1n) is 4.33.